The molecule has 1 amide bonds. The summed E-state index contributed by atoms with van der Waals surface area (Å²) >= 11 is 0. The number of piperazine rings is 1. The van der Waals surface area contributed by atoms with Gasteiger partial charge < -0.3 is 14.8 Å². The molecule has 1 N–H and O–H groups in total. The molecule has 1 aromatic carbocycles. The minimum Gasteiger partial charge on any atom is -0.336 e. The van der Waals surface area contributed by atoms with Crippen molar-refractivity contribution in [3.05, 3.63) is 72.1 Å². The summed E-state index contributed by atoms with van der Waals surface area (Å²) in [6, 6.07) is 10.1. The van der Waals surface area contributed by atoms with Gasteiger partial charge in [0, 0.05) is 57.0 Å². The quantitative estimate of drug-likeness (QED) is 0.779. The van der Waals surface area contributed by atoms with Crippen molar-refractivity contribution < 1.29 is 4.79 Å². The number of pyridine rings is 1. The highest BCUT2D eigenvalue weighted by Crippen LogP contribution is 2.25. The molecule has 2 aromatic heterocycles. The zero-order chi connectivity index (χ0) is 18.8. The number of aryl methyl sites for hydroxylation is 2. The van der Waals surface area contributed by atoms with Crippen LogP contribution in [-0.2, 0) is 7.05 Å². The maximum absolute atomic E-state index is 13.3. The molecule has 3 heterocycles. The van der Waals surface area contributed by atoms with Gasteiger partial charge in [0.1, 0.15) is 11.9 Å². The van der Waals surface area contributed by atoms with Gasteiger partial charge in [0.25, 0.3) is 5.91 Å². The number of nitrogens with zero attached hydrogens (tertiary/aromatic N) is 4. The zero-order valence-electron chi connectivity index (χ0n) is 15.6. The third-order valence-corrected chi connectivity index (χ3v) is 5.03. The van der Waals surface area contributed by atoms with Gasteiger partial charge in [0.15, 0.2) is 0 Å². The van der Waals surface area contributed by atoms with Crippen LogP contribution < -0.4 is 5.32 Å². The molecule has 1 aliphatic heterocycles. The molecule has 6 nitrogen and oxygen atoms in total. The van der Waals surface area contributed by atoms with Crippen LogP contribution in [0.5, 0.6) is 0 Å². The fourth-order valence-electron chi connectivity index (χ4n) is 3.50. The first-order valence-electron chi connectivity index (χ1n) is 9.14. The lowest BCUT2D eigenvalue weighted by atomic mass is 10.0. The first kappa shape index (κ1) is 17.4. The van der Waals surface area contributed by atoms with Crippen molar-refractivity contribution in [1.82, 2.24) is 24.8 Å². The van der Waals surface area contributed by atoms with E-state index in [9.17, 15) is 4.79 Å². The summed E-state index contributed by atoms with van der Waals surface area (Å²) in [5.74, 6) is 0.879. The first-order valence-corrected chi connectivity index (χ1v) is 9.14. The SMILES string of the molecule is Cc1ccc(-c2cncc(C(=O)N3CCNCC3c3nccn3C)c2)cc1. The van der Waals surface area contributed by atoms with E-state index >= 15 is 0 Å². The van der Waals surface area contributed by atoms with Crippen molar-refractivity contribution in [2.75, 3.05) is 19.6 Å². The molecule has 1 atom stereocenters. The van der Waals surface area contributed by atoms with Crippen molar-refractivity contribution >= 4 is 5.91 Å². The van der Waals surface area contributed by atoms with Crippen LogP contribution >= 0.6 is 0 Å². The van der Waals surface area contributed by atoms with E-state index in [0.717, 1.165) is 23.5 Å². The van der Waals surface area contributed by atoms with E-state index < -0.39 is 0 Å². The van der Waals surface area contributed by atoms with Gasteiger partial charge in [0.2, 0.25) is 0 Å². The third-order valence-electron chi connectivity index (χ3n) is 5.03. The molecule has 3 aromatic rings. The van der Waals surface area contributed by atoms with E-state index in [-0.39, 0.29) is 11.9 Å². The van der Waals surface area contributed by atoms with Gasteiger partial charge in [-0.05, 0) is 18.6 Å². The number of nitrogens with one attached hydrogen (secondary N) is 1. The Labute approximate surface area is 158 Å². The molecule has 138 valence electrons. The Morgan fingerprint density at radius 1 is 1.19 bits per heavy atom. The molecule has 1 fully saturated rings. The first-order chi connectivity index (χ1) is 13.1. The average Bonchev–Trinajstić information content (AvgIpc) is 3.14. The summed E-state index contributed by atoms with van der Waals surface area (Å²) in [7, 11) is 1.96. The molecular weight excluding hydrogens is 338 g/mol. The molecule has 0 bridgehead atoms. The van der Waals surface area contributed by atoms with Crippen LogP contribution in [0.15, 0.2) is 55.1 Å². The normalized spacial score (nSPS) is 17.1. The summed E-state index contributed by atoms with van der Waals surface area (Å²) < 4.78 is 1.97. The number of carbonyl (C=O) groups is 1. The average molecular weight is 361 g/mol. The lowest BCUT2D eigenvalue weighted by Crippen LogP contribution is -2.49. The highest BCUT2D eigenvalue weighted by atomic mass is 16.2. The van der Waals surface area contributed by atoms with E-state index in [1.807, 2.05) is 28.8 Å². The van der Waals surface area contributed by atoms with Gasteiger partial charge in [0.05, 0.1) is 5.56 Å². The maximum Gasteiger partial charge on any atom is 0.256 e. The third kappa shape index (κ3) is 3.48. The molecule has 1 aliphatic rings. The van der Waals surface area contributed by atoms with Crippen LogP contribution in [0.1, 0.15) is 27.8 Å². The summed E-state index contributed by atoms with van der Waals surface area (Å²) in [4.78, 5) is 23.9. The predicted octanol–water partition coefficient (Wildman–Crippen LogP) is 2.58. The fourth-order valence-corrected chi connectivity index (χ4v) is 3.50. The van der Waals surface area contributed by atoms with Crippen LogP contribution in [0.4, 0.5) is 0 Å². The van der Waals surface area contributed by atoms with E-state index in [1.165, 1.54) is 5.56 Å². The van der Waals surface area contributed by atoms with Crippen molar-refractivity contribution in [2.45, 2.75) is 13.0 Å². The summed E-state index contributed by atoms with van der Waals surface area (Å²) in [6.45, 7) is 4.18. The standard InChI is InChI=1S/C21H23N5O/c1-15-3-5-16(6-4-15)17-11-18(13-23-12-17)21(27)26-10-7-22-14-19(26)20-24-8-9-25(20)2/h3-6,8-9,11-13,19,22H,7,10,14H2,1-2H3. The molecule has 0 radical (unpaired) electrons. The van der Waals surface area contributed by atoms with Gasteiger partial charge in [-0.25, -0.2) is 4.98 Å². The molecule has 27 heavy (non-hydrogen) atoms. The van der Waals surface area contributed by atoms with Gasteiger partial charge in [-0.3, -0.25) is 9.78 Å². The Kier molecular flexibility index (Phi) is 4.73. The van der Waals surface area contributed by atoms with Crippen molar-refractivity contribution in [3.8, 4) is 11.1 Å². The number of hydrogen-bond acceptors (Lipinski definition) is 4. The zero-order valence-corrected chi connectivity index (χ0v) is 15.6. The molecule has 6 heteroatoms. The molecular formula is C21H23N5O. The van der Waals surface area contributed by atoms with E-state index in [4.69, 9.17) is 0 Å². The molecule has 4 rings (SSSR count). The molecule has 0 spiro atoms. The van der Waals surface area contributed by atoms with Crippen molar-refractivity contribution in [1.29, 1.82) is 0 Å². The minimum atomic E-state index is -0.0886. The van der Waals surface area contributed by atoms with Crippen LogP contribution in [0.3, 0.4) is 0 Å². The van der Waals surface area contributed by atoms with Crippen molar-refractivity contribution in [2.24, 2.45) is 7.05 Å². The Balaban J connectivity index is 1.64. The maximum atomic E-state index is 13.3. The fraction of sp³-hybridized carbons (Fsp3) is 0.286. The second-order valence-electron chi connectivity index (χ2n) is 6.94. The molecule has 1 saturated heterocycles. The van der Waals surface area contributed by atoms with Crippen LogP contribution in [0, 0.1) is 6.92 Å². The Bertz CT molecular complexity index is 947. The number of aromatic nitrogens is 3. The number of amides is 1. The lowest BCUT2D eigenvalue weighted by Gasteiger charge is -2.35. The Hall–Kier alpha value is -2.99. The van der Waals surface area contributed by atoms with Crippen LogP contribution in [0.2, 0.25) is 0 Å². The monoisotopic (exact) mass is 361 g/mol. The molecule has 0 aliphatic carbocycles. The number of carbonyl (C=O) groups excluding carboxylic acids is 1. The van der Waals surface area contributed by atoms with Gasteiger partial charge >= 0.3 is 0 Å². The minimum absolute atomic E-state index is 0.00837. The summed E-state index contributed by atoms with van der Waals surface area (Å²) in [6.07, 6.45) is 7.13. The van der Waals surface area contributed by atoms with Gasteiger partial charge in [-0.2, -0.15) is 0 Å². The number of hydrogen-bond donors (Lipinski definition) is 1. The lowest BCUT2D eigenvalue weighted by molar-refractivity contribution is 0.0620. The second-order valence-corrected chi connectivity index (χ2v) is 6.94. The Morgan fingerprint density at radius 2 is 2.00 bits per heavy atom. The highest BCUT2D eigenvalue weighted by Gasteiger charge is 2.31. The van der Waals surface area contributed by atoms with Gasteiger partial charge in [-0.15, -0.1) is 0 Å². The van der Waals surface area contributed by atoms with Crippen LogP contribution in [0.25, 0.3) is 11.1 Å². The number of rotatable bonds is 3. The highest BCUT2D eigenvalue weighted by molar-refractivity contribution is 5.95. The summed E-state index contributed by atoms with van der Waals surface area (Å²) in [5, 5.41) is 3.37. The largest absolute Gasteiger partial charge is 0.336 e. The van der Waals surface area contributed by atoms with E-state index in [0.29, 0.717) is 18.7 Å². The Morgan fingerprint density at radius 3 is 2.74 bits per heavy atom. The number of imidazole rings is 1. The van der Waals surface area contributed by atoms with Crippen molar-refractivity contribution in [3.63, 3.8) is 0 Å². The van der Waals surface area contributed by atoms with E-state index in [1.54, 1.807) is 18.6 Å². The van der Waals surface area contributed by atoms with Gasteiger partial charge in [-0.1, -0.05) is 29.8 Å². The smallest absolute Gasteiger partial charge is 0.256 e. The van der Waals surface area contributed by atoms with E-state index in [2.05, 4.69) is 46.5 Å². The number of benzene rings is 1. The molecule has 1 unspecified atom stereocenters. The summed E-state index contributed by atoms with van der Waals surface area (Å²) in [5.41, 5.74) is 3.82. The topological polar surface area (TPSA) is 63.1 Å². The van der Waals surface area contributed by atoms with Crippen LogP contribution in [-0.4, -0.2) is 45.0 Å². The second kappa shape index (κ2) is 7.32. The predicted molar refractivity (Wildman–Crippen MR) is 104 cm³/mol. The molecule has 0 saturated carbocycles.